The van der Waals surface area contributed by atoms with Crippen LogP contribution in [0.3, 0.4) is 0 Å². The van der Waals surface area contributed by atoms with Gasteiger partial charge in [0, 0.05) is 59.3 Å². The van der Waals surface area contributed by atoms with Crippen LogP contribution in [0.5, 0.6) is 0 Å². The van der Waals surface area contributed by atoms with E-state index < -0.39 is 0 Å². The highest BCUT2D eigenvalue weighted by molar-refractivity contribution is 6.15. The van der Waals surface area contributed by atoms with Crippen molar-refractivity contribution in [2.45, 2.75) is 13.8 Å². The van der Waals surface area contributed by atoms with Crippen molar-refractivity contribution in [3.05, 3.63) is 52.9 Å². The standard InChI is InChI=1S/C24H24N4O3/c1-14-22(15(2)31-27-14)17-10-18(13-25-3)23-20(11-17)19-5-4-16(12-21(19)26-23)24(29)28-6-8-30-9-7-28/h4-5,10-13,26H,6-9H2,1-3H3/b25-13-. The molecule has 2 aromatic heterocycles. The van der Waals surface area contributed by atoms with Crippen LogP contribution < -0.4 is 0 Å². The Morgan fingerprint density at radius 1 is 1.16 bits per heavy atom. The Morgan fingerprint density at radius 3 is 2.68 bits per heavy atom. The fourth-order valence-electron chi connectivity index (χ4n) is 4.40. The Labute approximate surface area is 179 Å². The summed E-state index contributed by atoms with van der Waals surface area (Å²) in [4.78, 5) is 22.5. The summed E-state index contributed by atoms with van der Waals surface area (Å²) in [6.45, 7) is 6.30. The molecule has 1 N–H and O–H groups in total. The summed E-state index contributed by atoms with van der Waals surface area (Å²) in [5, 5.41) is 6.25. The number of nitrogens with zero attached hydrogens (tertiary/aromatic N) is 3. The molecule has 0 radical (unpaired) electrons. The van der Waals surface area contributed by atoms with Gasteiger partial charge in [0.05, 0.1) is 24.4 Å². The minimum absolute atomic E-state index is 0.0376. The Kier molecular flexibility index (Phi) is 4.82. The number of H-pyrrole nitrogens is 1. The first-order valence-corrected chi connectivity index (χ1v) is 10.4. The molecule has 0 bridgehead atoms. The highest BCUT2D eigenvalue weighted by atomic mass is 16.5. The van der Waals surface area contributed by atoms with E-state index in [1.165, 1.54) is 0 Å². The van der Waals surface area contributed by atoms with Crippen LogP contribution in [0.4, 0.5) is 0 Å². The summed E-state index contributed by atoms with van der Waals surface area (Å²) in [7, 11) is 1.76. The average Bonchev–Trinajstić information content (AvgIpc) is 3.33. The van der Waals surface area contributed by atoms with Gasteiger partial charge in [0.15, 0.2) is 0 Å². The zero-order chi connectivity index (χ0) is 21.5. The van der Waals surface area contributed by atoms with Gasteiger partial charge in [-0.25, -0.2) is 0 Å². The van der Waals surface area contributed by atoms with Crippen molar-refractivity contribution in [1.82, 2.24) is 15.0 Å². The number of aliphatic imine (C=N–C) groups is 1. The topological polar surface area (TPSA) is 83.7 Å². The lowest BCUT2D eigenvalue weighted by atomic mass is 9.98. The lowest BCUT2D eigenvalue weighted by Crippen LogP contribution is -2.40. The zero-order valence-electron chi connectivity index (χ0n) is 17.9. The molecule has 0 unspecified atom stereocenters. The molecule has 1 fully saturated rings. The van der Waals surface area contributed by atoms with Gasteiger partial charge in [0.2, 0.25) is 0 Å². The van der Waals surface area contributed by atoms with Crippen molar-refractivity contribution in [2.75, 3.05) is 33.4 Å². The number of hydrogen-bond donors (Lipinski definition) is 1. The van der Waals surface area contributed by atoms with Gasteiger partial charge >= 0.3 is 0 Å². The lowest BCUT2D eigenvalue weighted by molar-refractivity contribution is 0.0303. The third kappa shape index (κ3) is 3.31. The molecule has 1 aliphatic rings. The molecule has 31 heavy (non-hydrogen) atoms. The first-order valence-electron chi connectivity index (χ1n) is 10.4. The summed E-state index contributed by atoms with van der Waals surface area (Å²) in [5.41, 5.74) is 6.47. The van der Waals surface area contributed by atoms with Crippen molar-refractivity contribution in [1.29, 1.82) is 0 Å². The van der Waals surface area contributed by atoms with Crippen LogP contribution in [0, 0.1) is 13.8 Å². The van der Waals surface area contributed by atoms with Gasteiger partial charge in [-0.2, -0.15) is 0 Å². The number of carbonyl (C=O) groups excluding carboxylic acids is 1. The minimum atomic E-state index is 0.0376. The molecule has 1 aliphatic heterocycles. The fourth-order valence-corrected chi connectivity index (χ4v) is 4.40. The van der Waals surface area contributed by atoms with Crippen molar-refractivity contribution in [3.63, 3.8) is 0 Å². The molecule has 2 aromatic carbocycles. The number of benzene rings is 2. The van der Waals surface area contributed by atoms with Crippen molar-refractivity contribution in [3.8, 4) is 11.1 Å². The summed E-state index contributed by atoms with van der Waals surface area (Å²) in [6.07, 6.45) is 1.85. The van der Waals surface area contributed by atoms with Gasteiger partial charge in [-0.1, -0.05) is 11.2 Å². The first-order chi connectivity index (χ1) is 15.1. The first kappa shape index (κ1) is 19.5. The number of rotatable bonds is 3. The van der Waals surface area contributed by atoms with Crippen LogP contribution in [0.15, 0.2) is 39.8 Å². The number of nitrogens with one attached hydrogen (secondary N) is 1. The van der Waals surface area contributed by atoms with Crippen LogP contribution >= 0.6 is 0 Å². The van der Waals surface area contributed by atoms with Crippen LogP contribution in [-0.2, 0) is 4.74 Å². The summed E-state index contributed by atoms with van der Waals surface area (Å²) in [5.74, 6) is 0.824. The van der Waals surface area contributed by atoms with Crippen molar-refractivity contribution >= 4 is 33.9 Å². The van der Waals surface area contributed by atoms with Crippen LogP contribution in [0.2, 0.25) is 0 Å². The Balaban J connectivity index is 1.67. The summed E-state index contributed by atoms with van der Waals surface area (Å²) >= 11 is 0. The predicted molar refractivity (Wildman–Crippen MR) is 121 cm³/mol. The van der Waals surface area contributed by atoms with Gasteiger partial charge in [0.1, 0.15) is 5.76 Å². The normalized spacial score (nSPS) is 14.9. The van der Waals surface area contributed by atoms with Gasteiger partial charge < -0.3 is 19.1 Å². The second-order valence-electron chi connectivity index (χ2n) is 7.86. The average molecular weight is 416 g/mol. The second-order valence-corrected chi connectivity index (χ2v) is 7.86. The van der Waals surface area contributed by atoms with Gasteiger partial charge in [-0.15, -0.1) is 0 Å². The number of morpholine rings is 1. The molecule has 1 saturated heterocycles. The Morgan fingerprint density at radius 2 is 1.97 bits per heavy atom. The van der Waals surface area contributed by atoms with E-state index in [1.54, 1.807) is 7.05 Å². The molecule has 5 rings (SSSR count). The minimum Gasteiger partial charge on any atom is -0.378 e. The van der Waals surface area contributed by atoms with E-state index in [0.29, 0.717) is 31.9 Å². The fraction of sp³-hybridized carbons (Fsp3) is 0.292. The van der Waals surface area contributed by atoms with E-state index >= 15 is 0 Å². The highest BCUT2D eigenvalue weighted by Gasteiger charge is 2.20. The molecular formula is C24H24N4O3. The number of aryl methyl sites for hydroxylation is 2. The van der Waals surface area contributed by atoms with Gasteiger partial charge in [-0.3, -0.25) is 9.79 Å². The van der Waals surface area contributed by atoms with Crippen LogP contribution in [0.1, 0.15) is 27.4 Å². The highest BCUT2D eigenvalue weighted by Crippen LogP contribution is 2.35. The van der Waals surface area contributed by atoms with E-state index in [4.69, 9.17) is 9.26 Å². The quantitative estimate of drug-likeness (QED) is 0.510. The smallest absolute Gasteiger partial charge is 0.254 e. The van der Waals surface area contributed by atoms with E-state index in [9.17, 15) is 4.79 Å². The maximum absolute atomic E-state index is 12.9. The number of ether oxygens (including phenoxy) is 1. The maximum Gasteiger partial charge on any atom is 0.254 e. The molecule has 1 amide bonds. The third-order valence-electron chi connectivity index (χ3n) is 5.87. The molecule has 0 spiro atoms. The number of amides is 1. The van der Waals surface area contributed by atoms with Crippen LogP contribution in [0.25, 0.3) is 32.9 Å². The number of aromatic nitrogens is 2. The van der Waals surface area contributed by atoms with E-state index in [-0.39, 0.29) is 5.91 Å². The SMILES string of the molecule is C/N=C\c1cc(-c2c(C)noc2C)cc2c1[nH]c1cc(C(=O)N3CCOCC3)ccc12. The summed E-state index contributed by atoms with van der Waals surface area (Å²) < 4.78 is 10.8. The van der Waals surface area contributed by atoms with E-state index in [0.717, 1.165) is 50.0 Å². The third-order valence-corrected chi connectivity index (χ3v) is 5.87. The van der Waals surface area contributed by atoms with Gasteiger partial charge in [0.25, 0.3) is 5.91 Å². The van der Waals surface area contributed by atoms with E-state index in [2.05, 4.69) is 27.3 Å². The molecule has 0 aliphatic carbocycles. The molecule has 3 heterocycles. The molecule has 7 heteroatoms. The second kappa shape index (κ2) is 7.67. The Hall–Kier alpha value is -3.45. The number of hydrogen-bond acceptors (Lipinski definition) is 5. The molecule has 4 aromatic rings. The number of aromatic amines is 1. The summed E-state index contributed by atoms with van der Waals surface area (Å²) in [6, 6.07) is 10.1. The molecule has 7 nitrogen and oxygen atoms in total. The van der Waals surface area contributed by atoms with E-state index in [1.807, 2.05) is 43.2 Å². The molecule has 0 atom stereocenters. The van der Waals surface area contributed by atoms with Crippen LogP contribution in [-0.4, -0.2) is 60.5 Å². The van der Waals surface area contributed by atoms with Crippen molar-refractivity contribution in [2.24, 2.45) is 4.99 Å². The molecular weight excluding hydrogens is 392 g/mol. The predicted octanol–water partition coefficient (Wildman–Crippen LogP) is 4.11. The number of carbonyl (C=O) groups is 1. The zero-order valence-corrected chi connectivity index (χ0v) is 17.9. The number of fused-ring (bicyclic) bond motifs is 3. The molecule has 158 valence electrons. The lowest BCUT2D eigenvalue weighted by Gasteiger charge is -2.26. The monoisotopic (exact) mass is 416 g/mol. The van der Waals surface area contributed by atoms with Gasteiger partial charge in [-0.05, 0) is 43.7 Å². The van der Waals surface area contributed by atoms with Crippen molar-refractivity contribution < 1.29 is 14.1 Å². The maximum atomic E-state index is 12.9. The Bertz CT molecular complexity index is 1310. The largest absolute Gasteiger partial charge is 0.378 e. The molecule has 0 saturated carbocycles.